The third kappa shape index (κ3) is 1.55. The van der Waals surface area contributed by atoms with Gasteiger partial charge in [0.25, 0.3) is 0 Å². The van der Waals surface area contributed by atoms with Gasteiger partial charge in [-0.15, -0.1) is 11.3 Å². The fraction of sp³-hybridized carbons (Fsp3) is 0. The molecule has 13 heavy (non-hydrogen) atoms. The van der Waals surface area contributed by atoms with Gasteiger partial charge in [0.15, 0.2) is 0 Å². The van der Waals surface area contributed by atoms with Crippen molar-refractivity contribution < 1.29 is 8.42 Å². The van der Waals surface area contributed by atoms with Gasteiger partial charge in [-0.25, -0.2) is 18.5 Å². The number of thiophene rings is 1. The van der Waals surface area contributed by atoms with Gasteiger partial charge in [-0.2, -0.15) is 0 Å². The summed E-state index contributed by atoms with van der Waals surface area (Å²) in [7, 11) is -3.63. The molecule has 6 heteroatoms. The summed E-state index contributed by atoms with van der Waals surface area (Å²) in [5, 5.41) is 7.61. The first-order chi connectivity index (χ1) is 6.07. The molecule has 2 rings (SSSR count). The Morgan fingerprint density at radius 1 is 1.46 bits per heavy atom. The van der Waals surface area contributed by atoms with Crippen molar-refractivity contribution in [2.45, 2.75) is 4.90 Å². The van der Waals surface area contributed by atoms with Crippen LogP contribution in [0.25, 0.3) is 10.2 Å². The van der Waals surface area contributed by atoms with Gasteiger partial charge in [-0.05, 0) is 17.5 Å². The van der Waals surface area contributed by atoms with Crippen molar-refractivity contribution in [2.24, 2.45) is 5.14 Å². The van der Waals surface area contributed by atoms with E-state index in [2.05, 4.69) is 4.98 Å². The number of sulfonamides is 1. The summed E-state index contributed by atoms with van der Waals surface area (Å²) in [6, 6.07) is 3.33. The Morgan fingerprint density at radius 3 is 2.92 bits per heavy atom. The molecule has 68 valence electrons. The third-order valence-corrected chi connectivity index (χ3v) is 3.33. The Balaban J connectivity index is 2.75. The molecule has 0 aliphatic carbocycles. The topological polar surface area (TPSA) is 73.1 Å². The number of pyridine rings is 1. The molecule has 0 saturated heterocycles. The van der Waals surface area contributed by atoms with Crippen LogP contribution in [0, 0.1) is 0 Å². The van der Waals surface area contributed by atoms with Crippen LogP contribution in [-0.4, -0.2) is 13.4 Å². The van der Waals surface area contributed by atoms with Crippen LogP contribution in [0.5, 0.6) is 0 Å². The summed E-state index contributed by atoms with van der Waals surface area (Å²) < 4.78 is 21.9. The SMILES string of the molecule is NS(=O)(=O)c1cnc2sccc2c1. The van der Waals surface area contributed by atoms with Crippen molar-refractivity contribution >= 4 is 31.6 Å². The third-order valence-electron chi connectivity index (χ3n) is 1.61. The molecule has 0 amide bonds. The van der Waals surface area contributed by atoms with Crippen LogP contribution < -0.4 is 5.14 Å². The largest absolute Gasteiger partial charge is 0.244 e. The molecule has 2 heterocycles. The minimum atomic E-state index is -3.63. The molecule has 2 aromatic rings. The van der Waals surface area contributed by atoms with E-state index in [1.807, 2.05) is 11.4 Å². The maximum atomic E-state index is 10.9. The van der Waals surface area contributed by atoms with Gasteiger partial charge in [0.2, 0.25) is 10.0 Å². The van der Waals surface area contributed by atoms with Crippen molar-refractivity contribution in [3.63, 3.8) is 0 Å². The molecule has 0 bridgehead atoms. The van der Waals surface area contributed by atoms with E-state index in [-0.39, 0.29) is 4.90 Å². The highest BCUT2D eigenvalue weighted by Gasteiger charge is 2.08. The van der Waals surface area contributed by atoms with E-state index in [0.717, 1.165) is 10.2 Å². The van der Waals surface area contributed by atoms with Gasteiger partial charge in [-0.3, -0.25) is 0 Å². The summed E-state index contributed by atoms with van der Waals surface area (Å²) in [4.78, 5) is 4.83. The summed E-state index contributed by atoms with van der Waals surface area (Å²) in [5.41, 5.74) is 0. The van der Waals surface area contributed by atoms with Crippen LogP contribution in [0.2, 0.25) is 0 Å². The monoisotopic (exact) mass is 214 g/mol. The lowest BCUT2D eigenvalue weighted by atomic mass is 10.3. The van der Waals surface area contributed by atoms with E-state index in [0.29, 0.717) is 0 Å². The Bertz CT molecular complexity index is 544. The van der Waals surface area contributed by atoms with E-state index in [9.17, 15) is 8.42 Å². The first kappa shape index (κ1) is 8.61. The molecule has 0 saturated carbocycles. The van der Waals surface area contributed by atoms with E-state index in [4.69, 9.17) is 5.14 Å². The van der Waals surface area contributed by atoms with Crippen LogP contribution in [-0.2, 0) is 10.0 Å². The molecule has 0 aliphatic rings. The molecule has 0 spiro atoms. The maximum Gasteiger partial charge on any atom is 0.239 e. The molecule has 0 aliphatic heterocycles. The maximum absolute atomic E-state index is 10.9. The lowest BCUT2D eigenvalue weighted by Crippen LogP contribution is -2.12. The highest BCUT2D eigenvalue weighted by Crippen LogP contribution is 2.20. The number of hydrogen-bond donors (Lipinski definition) is 1. The first-order valence-corrected chi connectivity index (χ1v) is 5.86. The molecule has 4 nitrogen and oxygen atoms in total. The van der Waals surface area contributed by atoms with Gasteiger partial charge in [0.1, 0.15) is 9.73 Å². The zero-order chi connectivity index (χ0) is 9.47. The molecule has 0 unspecified atom stereocenters. The summed E-state index contributed by atoms with van der Waals surface area (Å²) in [5.74, 6) is 0. The zero-order valence-electron chi connectivity index (χ0n) is 6.47. The van der Waals surface area contributed by atoms with Crippen molar-refractivity contribution in [3.8, 4) is 0 Å². The molecule has 0 radical (unpaired) electrons. The van der Waals surface area contributed by atoms with E-state index < -0.39 is 10.0 Å². The number of nitrogens with two attached hydrogens (primary N) is 1. The quantitative estimate of drug-likeness (QED) is 0.767. The minimum Gasteiger partial charge on any atom is -0.244 e. The minimum absolute atomic E-state index is 0.0541. The molecular formula is C7H6N2O2S2. The summed E-state index contributed by atoms with van der Waals surface area (Å²) >= 11 is 1.46. The molecule has 0 aromatic carbocycles. The Morgan fingerprint density at radius 2 is 2.23 bits per heavy atom. The second-order valence-corrected chi connectivity index (χ2v) is 4.99. The van der Waals surface area contributed by atoms with Crippen LogP contribution in [0.3, 0.4) is 0 Å². The number of fused-ring (bicyclic) bond motifs is 1. The van der Waals surface area contributed by atoms with E-state index in [1.54, 1.807) is 0 Å². The fourth-order valence-electron chi connectivity index (χ4n) is 0.994. The number of primary sulfonamides is 1. The lowest BCUT2D eigenvalue weighted by Gasteiger charge is -1.95. The highest BCUT2D eigenvalue weighted by molar-refractivity contribution is 7.89. The number of hydrogen-bond acceptors (Lipinski definition) is 4. The van der Waals surface area contributed by atoms with Gasteiger partial charge in [-0.1, -0.05) is 0 Å². The van der Waals surface area contributed by atoms with Crippen LogP contribution in [0.4, 0.5) is 0 Å². The van der Waals surface area contributed by atoms with Crippen molar-refractivity contribution in [1.29, 1.82) is 0 Å². The molecule has 0 atom stereocenters. The van der Waals surface area contributed by atoms with Crippen LogP contribution in [0.1, 0.15) is 0 Å². The molecular weight excluding hydrogens is 208 g/mol. The van der Waals surface area contributed by atoms with E-state index in [1.165, 1.54) is 23.6 Å². The van der Waals surface area contributed by atoms with Gasteiger partial charge in [0.05, 0.1) is 0 Å². The normalized spacial score (nSPS) is 12.1. The Kier molecular flexibility index (Phi) is 1.83. The lowest BCUT2D eigenvalue weighted by molar-refractivity contribution is 0.597. The fourth-order valence-corrected chi connectivity index (χ4v) is 2.21. The van der Waals surface area contributed by atoms with Gasteiger partial charge >= 0.3 is 0 Å². The Hall–Kier alpha value is -0.980. The van der Waals surface area contributed by atoms with Crippen molar-refractivity contribution in [1.82, 2.24) is 4.98 Å². The summed E-state index contributed by atoms with van der Waals surface area (Å²) in [6.45, 7) is 0. The predicted molar refractivity (Wildman–Crippen MR) is 51.0 cm³/mol. The van der Waals surface area contributed by atoms with Crippen LogP contribution in [0.15, 0.2) is 28.6 Å². The van der Waals surface area contributed by atoms with E-state index >= 15 is 0 Å². The van der Waals surface area contributed by atoms with Crippen LogP contribution >= 0.6 is 11.3 Å². The average molecular weight is 214 g/mol. The second-order valence-electron chi connectivity index (χ2n) is 2.53. The predicted octanol–water partition coefficient (Wildman–Crippen LogP) is 0.944. The molecule has 2 N–H and O–H groups in total. The standard InChI is InChI=1S/C7H6N2O2S2/c8-13(10,11)6-3-5-1-2-12-7(5)9-4-6/h1-4H,(H2,8,10,11). The summed E-state index contributed by atoms with van der Waals surface area (Å²) in [6.07, 6.45) is 1.27. The number of rotatable bonds is 1. The average Bonchev–Trinajstić information content (AvgIpc) is 2.47. The van der Waals surface area contributed by atoms with Gasteiger partial charge in [0, 0.05) is 11.6 Å². The molecule has 0 fully saturated rings. The second kappa shape index (κ2) is 2.76. The first-order valence-electron chi connectivity index (χ1n) is 3.43. The molecule has 2 aromatic heterocycles. The van der Waals surface area contributed by atoms with Crippen molar-refractivity contribution in [3.05, 3.63) is 23.7 Å². The zero-order valence-corrected chi connectivity index (χ0v) is 8.10. The van der Waals surface area contributed by atoms with Gasteiger partial charge < -0.3 is 0 Å². The van der Waals surface area contributed by atoms with Crippen molar-refractivity contribution in [2.75, 3.05) is 0 Å². The number of aromatic nitrogens is 1. The highest BCUT2D eigenvalue weighted by atomic mass is 32.2. The smallest absolute Gasteiger partial charge is 0.239 e. The Labute approximate surface area is 79.1 Å². The number of nitrogens with zero attached hydrogens (tertiary/aromatic N) is 1.